The van der Waals surface area contributed by atoms with Crippen LogP contribution in [0.15, 0.2) is 0 Å². The van der Waals surface area contributed by atoms with Crippen LogP contribution >= 0.6 is 0 Å². The van der Waals surface area contributed by atoms with Gasteiger partial charge in [-0.2, -0.15) is 0 Å². The Hall–Kier alpha value is -2.20. The zero-order valence-electron chi connectivity index (χ0n) is 24.8. The molecule has 3 N–H and O–H groups in total. The van der Waals surface area contributed by atoms with Crippen molar-refractivity contribution in [2.24, 2.45) is 35.5 Å². The monoisotopic (exact) mass is 574 g/mol. The molecular formula is C31H48N3O7+. The first-order valence-electron chi connectivity index (χ1n) is 16.1. The molecule has 3 heterocycles. The van der Waals surface area contributed by atoms with Gasteiger partial charge in [0.25, 0.3) is 0 Å². The molecule has 3 saturated carbocycles. The van der Waals surface area contributed by atoms with Crippen LogP contribution in [0, 0.1) is 35.5 Å². The summed E-state index contributed by atoms with van der Waals surface area (Å²) in [6.07, 6.45) is 9.07. The SMILES string of the molecule is COC(=O)C1CCC(C(=O)OC)C(NC(=O)[C@H](C)OC2CCC3C(C2)C2CC[NH2+]C4C5CCCCC5C(=O)N3C24)C1. The number of esters is 2. The summed E-state index contributed by atoms with van der Waals surface area (Å²) in [5, 5.41) is 5.56. The van der Waals surface area contributed by atoms with Gasteiger partial charge in [-0.05, 0) is 70.1 Å². The van der Waals surface area contributed by atoms with Crippen LogP contribution in [0.1, 0.15) is 77.6 Å². The van der Waals surface area contributed by atoms with E-state index in [1.807, 2.05) is 0 Å². The Labute approximate surface area is 242 Å². The molecule has 6 fully saturated rings. The normalized spacial score (nSPS) is 42.3. The van der Waals surface area contributed by atoms with Crippen molar-refractivity contribution in [1.82, 2.24) is 10.2 Å². The van der Waals surface area contributed by atoms with Crippen LogP contribution in [0.5, 0.6) is 0 Å². The van der Waals surface area contributed by atoms with Gasteiger partial charge in [0.2, 0.25) is 11.8 Å². The van der Waals surface area contributed by atoms with Crippen molar-refractivity contribution >= 4 is 23.8 Å². The Morgan fingerprint density at radius 3 is 2.46 bits per heavy atom. The van der Waals surface area contributed by atoms with Crippen molar-refractivity contribution in [1.29, 1.82) is 0 Å². The van der Waals surface area contributed by atoms with Crippen molar-refractivity contribution in [2.75, 3.05) is 20.8 Å². The highest BCUT2D eigenvalue weighted by molar-refractivity contribution is 5.83. The van der Waals surface area contributed by atoms with Crippen molar-refractivity contribution in [3.05, 3.63) is 0 Å². The Morgan fingerprint density at radius 2 is 1.68 bits per heavy atom. The quantitative estimate of drug-likeness (QED) is 0.456. The van der Waals surface area contributed by atoms with Crippen molar-refractivity contribution < 1.29 is 38.7 Å². The van der Waals surface area contributed by atoms with Crippen LogP contribution in [-0.2, 0) is 33.4 Å². The first-order valence-corrected chi connectivity index (χ1v) is 16.1. The second-order valence-electron chi connectivity index (χ2n) is 13.6. The molecule has 6 rings (SSSR count). The number of hydrogen-bond acceptors (Lipinski definition) is 7. The molecule has 228 valence electrons. The van der Waals surface area contributed by atoms with E-state index < -0.39 is 18.1 Å². The molecule has 41 heavy (non-hydrogen) atoms. The molecule has 6 aliphatic rings. The van der Waals surface area contributed by atoms with E-state index in [-0.39, 0.29) is 35.8 Å². The van der Waals surface area contributed by atoms with Gasteiger partial charge in [-0.15, -0.1) is 0 Å². The third-order valence-corrected chi connectivity index (χ3v) is 11.7. The number of carbonyl (C=O) groups is 4. The van der Waals surface area contributed by atoms with Gasteiger partial charge < -0.3 is 29.7 Å². The average molecular weight is 575 g/mol. The number of methoxy groups -OCH3 is 2. The fourth-order valence-electron chi connectivity index (χ4n) is 9.89. The van der Waals surface area contributed by atoms with Crippen molar-refractivity contribution in [2.45, 2.75) is 114 Å². The van der Waals surface area contributed by atoms with Gasteiger partial charge in [0.1, 0.15) is 12.1 Å². The largest absolute Gasteiger partial charge is 0.469 e. The number of nitrogens with one attached hydrogen (secondary N) is 1. The van der Waals surface area contributed by atoms with E-state index in [4.69, 9.17) is 14.2 Å². The lowest BCUT2D eigenvalue weighted by Crippen LogP contribution is -2.98. The smallest absolute Gasteiger partial charge is 0.310 e. The maximum absolute atomic E-state index is 13.8. The number of quaternary nitrogens is 1. The number of fused-ring (bicyclic) bond motifs is 5. The van der Waals surface area contributed by atoms with Crippen LogP contribution < -0.4 is 10.6 Å². The Kier molecular flexibility index (Phi) is 8.33. The molecule has 3 aliphatic carbocycles. The molecule has 3 aliphatic heterocycles. The minimum absolute atomic E-state index is 0.0364. The minimum Gasteiger partial charge on any atom is -0.469 e. The molecule has 0 spiro atoms. The third-order valence-electron chi connectivity index (χ3n) is 11.7. The standard InChI is InChI=1S/C31H47N3O7/c1-16(28(35)33-24-14-17(30(37)39-2)8-10-22(24)31(38)40-3)41-18-9-11-25-23(15-18)20-12-13-32-26-19-6-4-5-7-21(19)29(36)34(25)27(20)26/h16-27,32H,4-15H2,1-3H3,(H,33,35)/p+1/t16-,17?,18?,19?,20?,21?,22?,23?,24?,25?,26?,27?/m0/s1. The highest BCUT2D eigenvalue weighted by atomic mass is 16.5. The van der Waals surface area contributed by atoms with Crippen LogP contribution in [0.25, 0.3) is 0 Å². The number of amides is 2. The zero-order valence-corrected chi connectivity index (χ0v) is 24.8. The molecule has 10 heteroatoms. The van der Waals surface area contributed by atoms with Crippen molar-refractivity contribution in [3.63, 3.8) is 0 Å². The third kappa shape index (κ3) is 5.17. The van der Waals surface area contributed by atoms with E-state index in [0.29, 0.717) is 61.0 Å². The average Bonchev–Trinajstić information content (AvgIpc) is 3.33. The molecule has 12 atom stereocenters. The molecule has 0 aromatic carbocycles. The predicted molar refractivity (Wildman–Crippen MR) is 147 cm³/mol. The summed E-state index contributed by atoms with van der Waals surface area (Å²) < 4.78 is 16.3. The van der Waals surface area contributed by atoms with Gasteiger partial charge in [0.05, 0.1) is 44.7 Å². The van der Waals surface area contributed by atoms with Crippen LogP contribution in [0.4, 0.5) is 0 Å². The van der Waals surface area contributed by atoms with Crippen LogP contribution in [0.3, 0.4) is 0 Å². The molecule has 0 aromatic heterocycles. The van der Waals surface area contributed by atoms with Gasteiger partial charge in [-0.25, -0.2) is 0 Å². The maximum Gasteiger partial charge on any atom is 0.310 e. The van der Waals surface area contributed by atoms with Crippen molar-refractivity contribution in [3.8, 4) is 0 Å². The molecule has 11 unspecified atom stereocenters. The van der Waals surface area contributed by atoms with Gasteiger partial charge >= 0.3 is 11.9 Å². The fourth-order valence-corrected chi connectivity index (χ4v) is 9.89. The Morgan fingerprint density at radius 1 is 0.902 bits per heavy atom. The van der Waals surface area contributed by atoms with E-state index in [1.54, 1.807) is 6.92 Å². The summed E-state index contributed by atoms with van der Waals surface area (Å²) in [5.41, 5.74) is 0. The van der Waals surface area contributed by atoms with Gasteiger partial charge in [0, 0.05) is 30.3 Å². The van der Waals surface area contributed by atoms with E-state index in [0.717, 1.165) is 38.6 Å². The molecule has 0 radical (unpaired) electrons. The highest BCUT2D eigenvalue weighted by Gasteiger charge is 2.63. The van der Waals surface area contributed by atoms with E-state index in [2.05, 4.69) is 15.5 Å². The van der Waals surface area contributed by atoms with E-state index in [1.165, 1.54) is 33.5 Å². The zero-order chi connectivity index (χ0) is 28.8. The summed E-state index contributed by atoms with van der Waals surface area (Å²) in [4.78, 5) is 54.1. The highest BCUT2D eigenvalue weighted by Crippen LogP contribution is 2.53. The fraction of sp³-hybridized carbons (Fsp3) is 0.871. The first-order chi connectivity index (χ1) is 19.8. The lowest BCUT2D eigenvalue weighted by atomic mass is 9.66. The number of piperidine rings is 2. The number of rotatable bonds is 6. The number of hydrogen-bond donors (Lipinski definition) is 2. The van der Waals surface area contributed by atoms with Crippen LogP contribution in [0.2, 0.25) is 0 Å². The Bertz CT molecular complexity index is 1040. The van der Waals surface area contributed by atoms with Gasteiger partial charge in [-0.1, -0.05) is 12.8 Å². The second-order valence-corrected chi connectivity index (χ2v) is 13.6. The summed E-state index contributed by atoms with van der Waals surface area (Å²) in [5.74, 6) is 0.297. The molecule has 2 amide bonds. The number of nitrogens with two attached hydrogens (primary N) is 1. The molecule has 0 bridgehead atoms. The summed E-state index contributed by atoms with van der Waals surface area (Å²) in [6.45, 7) is 2.91. The number of carbonyl (C=O) groups excluding carboxylic acids is 4. The topological polar surface area (TPSA) is 128 Å². The summed E-state index contributed by atoms with van der Waals surface area (Å²) in [7, 11) is 2.71. The predicted octanol–water partition coefficient (Wildman–Crippen LogP) is 1.16. The van der Waals surface area contributed by atoms with Gasteiger partial charge in [0.15, 0.2) is 0 Å². The second kappa shape index (κ2) is 11.8. The van der Waals surface area contributed by atoms with Gasteiger partial charge in [-0.3, -0.25) is 19.2 Å². The lowest BCUT2D eigenvalue weighted by molar-refractivity contribution is -0.713. The van der Waals surface area contributed by atoms with E-state index in [9.17, 15) is 19.2 Å². The molecule has 10 nitrogen and oxygen atoms in total. The number of nitrogens with zero attached hydrogens (tertiary/aromatic N) is 1. The maximum atomic E-state index is 13.8. The Balaban J connectivity index is 1.10. The van der Waals surface area contributed by atoms with E-state index >= 15 is 0 Å². The number of ether oxygens (including phenoxy) is 3. The summed E-state index contributed by atoms with van der Waals surface area (Å²) >= 11 is 0. The first kappa shape index (κ1) is 28.9. The molecule has 0 aromatic rings. The molecular weight excluding hydrogens is 526 g/mol. The lowest BCUT2D eigenvalue weighted by Gasteiger charge is -2.50. The minimum atomic E-state index is -0.686. The van der Waals surface area contributed by atoms with Crippen LogP contribution in [-0.4, -0.2) is 85.8 Å². The summed E-state index contributed by atoms with van der Waals surface area (Å²) in [6, 6.07) is 0.690. The molecule has 3 saturated heterocycles.